The van der Waals surface area contributed by atoms with E-state index in [1.165, 1.54) is 0 Å². The third kappa shape index (κ3) is 3.63. The van der Waals surface area contributed by atoms with E-state index < -0.39 is 0 Å². The molecule has 0 atom stereocenters. The van der Waals surface area contributed by atoms with Crippen molar-refractivity contribution in [3.05, 3.63) is 67.1 Å². The van der Waals surface area contributed by atoms with Crippen LogP contribution in [0.2, 0.25) is 0 Å². The minimum absolute atomic E-state index is 0. The first-order valence-electron chi connectivity index (χ1n) is 4.49. The summed E-state index contributed by atoms with van der Waals surface area (Å²) in [5.74, 6) is 1.67. The molecule has 0 bridgehead atoms. The van der Waals surface area contributed by atoms with Crippen LogP contribution < -0.4 is 34.3 Å². The van der Waals surface area contributed by atoms with Gasteiger partial charge in [-0.1, -0.05) is 18.2 Å². The van der Waals surface area contributed by atoms with Crippen LogP contribution in [0.25, 0.3) is 0 Å². The van der Waals surface area contributed by atoms with Crippen molar-refractivity contribution >= 4 is 0 Å². The van der Waals surface area contributed by atoms with Crippen molar-refractivity contribution < 1.29 is 34.3 Å². The van der Waals surface area contributed by atoms with Crippen LogP contribution in [0, 0.1) is 6.92 Å². The molecule has 70 valence electrons. The van der Waals surface area contributed by atoms with Crippen molar-refractivity contribution in [2.45, 2.75) is 0 Å². The zero-order chi connectivity index (χ0) is 9.80. The molecule has 0 saturated carbocycles. The first-order chi connectivity index (χ1) is 6.84. The summed E-state index contributed by atoms with van der Waals surface area (Å²) in [5, 5.41) is 0. The monoisotopic (exact) mass is 206 g/mol. The van der Waals surface area contributed by atoms with E-state index in [9.17, 15) is 0 Å². The van der Waals surface area contributed by atoms with Crippen LogP contribution in [0.15, 0.2) is 54.6 Å². The Balaban J connectivity index is 0.00000112. The second-order valence-corrected chi connectivity index (χ2v) is 3.06. The van der Waals surface area contributed by atoms with Gasteiger partial charge in [0.1, 0.15) is 5.75 Å². The maximum absolute atomic E-state index is 5.62. The molecule has 0 spiro atoms. The van der Waals surface area contributed by atoms with Crippen molar-refractivity contribution in [2.75, 3.05) is 0 Å². The van der Waals surface area contributed by atoms with Crippen molar-refractivity contribution in [3.63, 3.8) is 0 Å². The number of ether oxygens (including phenoxy) is 1. The molecule has 2 rings (SSSR count). The summed E-state index contributed by atoms with van der Waals surface area (Å²) < 4.78 is 5.62. The average Bonchev–Trinajstić information content (AvgIpc) is 2.19. The number of benzene rings is 2. The molecule has 2 aromatic rings. The van der Waals surface area contributed by atoms with Gasteiger partial charge in [0.05, 0.1) is 5.75 Å². The minimum atomic E-state index is 0. The Kier molecular flexibility index (Phi) is 4.76. The number of rotatable bonds is 2. The number of hydrogen-bond acceptors (Lipinski definition) is 1. The third-order valence-electron chi connectivity index (χ3n) is 1.88. The zero-order valence-electron chi connectivity index (χ0n) is 8.81. The molecule has 0 amide bonds. The Morgan fingerprint density at radius 1 is 0.800 bits per heavy atom. The summed E-state index contributed by atoms with van der Waals surface area (Å²) in [6.07, 6.45) is 0. The van der Waals surface area contributed by atoms with E-state index in [1.807, 2.05) is 54.6 Å². The van der Waals surface area contributed by atoms with Crippen LogP contribution in [0.4, 0.5) is 0 Å². The standard InChI is InChI=1S/C13H11O.Na/c1-11-6-5-9-13(10-11)14-12-7-3-2-4-8-12;/h2-10H,1H2;/q-1;+1. The summed E-state index contributed by atoms with van der Waals surface area (Å²) >= 11 is 0. The summed E-state index contributed by atoms with van der Waals surface area (Å²) in [5.41, 5.74) is 0.957. The molecule has 0 aliphatic rings. The smallest absolute Gasteiger partial charge is 0.470 e. The zero-order valence-corrected chi connectivity index (χ0v) is 10.8. The summed E-state index contributed by atoms with van der Waals surface area (Å²) in [7, 11) is 0. The van der Waals surface area contributed by atoms with Crippen molar-refractivity contribution in [3.8, 4) is 11.5 Å². The molecule has 0 unspecified atom stereocenters. The van der Waals surface area contributed by atoms with Gasteiger partial charge >= 0.3 is 29.6 Å². The predicted octanol–water partition coefficient (Wildman–Crippen LogP) is 0.665. The van der Waals surface area contributed by atoms with E-state index in [-0.39, 0.29) is 29.6 Å². The van der Waals surface area contributed by atoms with Crippen LogP contribution in [-0.2, 0) is 0 Å². The fraction of sp³-hybridized carbons (Fsp3) is 0. The Morgan fingerprint density at radius 3 is 2.13 bits per heavy atom. The number of para-hydroxylation sites is 1. The van der Waals surface area contributed by atoms with Crippen molar-refractivity contribution in [1.29, 1.82) is 0 Å². The summed E-state index contributed by atoms with van der Waals surface area (Å²) in [6.45, 7) is 3.84. The normalized spacial score (nSPS) is 9.07. The first-order valence-corrected chi connectivity index (χ1v) is 4.49. The molecule has 0 aliphatic carbocycles. The summed E-state index contributed by atoms with van der Waals surface area (Å²) in [6, 6.07) is 17.4. The fourth-order valence-electron chi connectivity index (χ4n) is 1.23. The largest absolute Gasteiger partial charge is 1.00 e. The van der Waals surface area contributed by atoms with Crippen LogP contribution in [-0.4, -0.2) is 0 Å². The molecule has 0 heterocycles. The average molecular weight is 206 g/mol. The molecule has 1 nitrogen and oxygen atoms in total. The molecule has 0 N–H and O–H groups in total. The van der Waals surface area contributed by atoms with Crippen LogP contribution in [0.3, 0.4) is 0 Å². The molecule has 0 fully saturated rings. The first kappa shape index (κ1) is 12.2. The molecule has 0 aromatic heterocycles. The molecule has 0 aliphatic heterocycles. The van der Waals surface area contributed by atoms with Crippen LogP contribution in [0.5, 0.6) is 11.5 Å². The Labute approximate surface area is 112 Å². The Bertz CT molecular complexity index is 412. The fourth-order valence-corrected chi connectivity index (χ4v) is 1.23. The molecule has 15 heavy (non-hydrogen) atoms. The van der Waals surface area contributed by atoms with Crippen LogP contribution in [0.1, 0.15) is 5.56 Å². The quantitative estimate of drug-likeness (QED) is 0.518. The van der Waals surface area contributed by atoms with E-state index in [1.54, 1.807) is 0 Å². The molecule has 0 radical (unpaired) electrons. The molecule has 2 heteroatoms. The molecule has 2 aromatic carbocycles. The van der Waals surface area contributed by atoms with E-state index in [4.69, 9.17) is 4.74 Å². The van der Waals surface area contributed by atoms with Gasteiger partial charge in [-0.25, -0.2) is 0 Å². The maximum Gasteiger partial charge on any atom is 1.00 e. The molecular weight excluding hydrogens is 195 g/mol. The number of hydrogen-bond donors (Lipinski definition) is 0. The van der Waals surface area contributed by atoms with Gasteiger partial charge in [-0.3, -0.25) is 0 Å². The van der Waals surface area contributed by atoms with Gasteiger partial charge in [-0.2, -0.15) is 18.6 Å². The van der Waals surface area contributed by atoms with Gasteiger partial charge in [-0.15, -0.1) is 12.1 Å². The van der Waals surface area contributed by atoms with Gasteiger partial charge in [0.25, 0.3) is 0 Å². The Hall–Kier alpha value is -0.890. The van der Waals surface area contributed by atoms with Gasteiger partial charge in [-0.05, 0) is 18.2 Å². The van der Waals surface area contributed by atoms with Gasteiger partial charge in [0, 0.05) is 0 Å². The summed E-state index contributed by atoms with van der Waals surface area (Å²) in [4.78, 5) is 0. The SMILES string of the molecule is [CH2-]c1cccc(Oc2ccccc2)c1.[Na+]. The van der Waals surface area contributed by atoms with Gasteiger partial charge in [0.2, 0.25) is 0 Å². The van der Waals surface area contributed by atoms with Crippen LogP contribution >= 0.6 is 0 Å². The predicted molar refractivity (Wildman–Crippen MR) is 57.4 cm³/mol. The topological polar surface area (TPSA) is 9.23 Å². The molecule has 0 saturated heterocycles. The van der Waals surface area contributed by atoms with Gasteiger partial charge < -0.3 is 4.74 Å². The maximum atomic E-state index is 5.62. The van der Waals surface area contributed by atoms with Crippen molar-refractivity contribution in [1.82, 2.24) is 0 Å². The van der Waals surface area contributed by atoms with Crippen molar-refractivity contribution in [2.24, 2.45) is 0 Å². The second kappa shape index (κ2) is 5.86. The van der Waals surface area contributed by atoms with E-state index in [2.05, 4.69) is 6.92 Å². The second-order valence-electron chi connectivity index (χ2n) is 3.06. The van der Waals surface area contributed by atoms with E-state index in [0.29, 0.717) is 0 Å². The van der Waals surface area contributed by atoms with E-state index in [0.717, 1.165) is 17.1 Å². The van der Waals surface area contributed by atoms with E-state index >= 15 is 0 Å². The van der Waals surface area contributed by atoms with Gasteiger partial charge in [0.15, 0.2) is 0 Å². The minimum Gasteiger partial charge on any atom is -0.470 e. The Morgan fingerprint density at radius 2 is 1.47 bits per heavy atom. The molecular formula is C13H11NaO. The third-order valence-corrected chi connectivity index (χ3v) is 1.88.